The van der Waals surface area contributed by atoms with E-state index in [1.165, 1.54) is 0 Å². The van der Waals surface area contributed by atoms with Crippen molar-refractivity contribution in [2.45, 2.75) is 6.42 Å². The third-order valence-electron chi connectivity index (χ3n) is 3.50. The van der Waals surface area contributed by atoms with Crippen LogP contribution in [0, 0.1) is 0 Å². The number of carbonyl (C=O) groups excluding carboxylic acids is 1. The second-order valence-electron chi connectivity index (χ2n) is 5.08. The maximum absolute atomic E-state index is 12.3. The Balaban J connectivity index is 1.74. The molecule has 0 saturated carbocycles. The highest BCUT2D eigenvalue weighted by atomic mass is 35.5. The van der Waals surface area contributed by atoms with E-state index in [0.29, 0.717) is 28.8 Å². The van der Waals surface area contributed by atoms with E-state index in [1.807, 2.05) is 18.2 Å². The summed E-state index contributed by atoms with van der Waals surface area (Å²) in [4.78, 5) is 24.0. The van der Waals surface area contributed by atoms with Gasteiger partial charge in [-0.3, -0.25) is 9.59 Å². The number of amides is 1. The first-order valence-corrected chi connectivity index (χ1v) is 7.53. The van der Waals surface area contributed by atoms with E-state index in [-0.39, 0.29) is 17.2 Å². The van der Waals surface area contributed by atoms with E-state index in [0.717, 1.165) is 5.56 Å². The fraction of sp³-hybridized carbons (Fsp3) is 0.118. The van der Waals surface area contributed by atoms with Crippen molar-refractivity contribution in [3.63, 3.8) is 0 Å². The molecule has 23 heavy (non-hydrogen) atoms. The van der Waals surface area contributed by atoms with Gasteiger partial charge in [-0.05, 0) is 30.2 Å². The summed E-state index contributed by atoms with van der Waals surface area (Å²) in [5.74, 6) is -0.320. The van der Waals surface area contributed by atoms with Crippen molar-refractivity contribution >= 4 is 28.3 Å². The molecule has 5 nitrogen and oxygen atoms in total. The molecule has 0 bridgehead atoms. The lowest BCUT2D eigenvalue weighted by Crippen LogP contribution is -2.28. The van der Waals surface area contributed by atoms with Crippen LogP contribution >= 0.6 is 11.6 Å². The third-order valence-corrected chi connectivity index (χ3v) is 3.73. The lowest BCUT2D eigenvalue weighted by molar-refractivity contribution is 0.0950. The number of benzene rings is 2. The summed E-state index contributed by atoms with van der Waals surface area (Å²) in [6.45, 7) is 0.453. The van der Waals surface area contributed by atoms with Crippen LogP contribution in [-0.4, -0.2) is 22.6 Å². The second-order valence-corrected chi connectivity index (χ2v) is 5.52. The molecule has 2 aromatic carbocycles. The van der Waals surface area contributed by atoms with Crippen LogP contribution in [0.5, 0.6) is 0 Å². The van der Waals surface area contributed by atoms with Crippen LogP contribution in [0.2, 0.25) is 5.02 Å². The minimum absolute atomic E-state index is 0.214. The van der Waals surface area contributed by atoms with Crippen molar-refractivity contribution in [1.29, 1.82) is 0 Å². The number of aromatic amines is 1. The van der Waals surface area contributed by atoms with E-state index < -0.39 is 0 Å². The Morgan fingerprint density at radius 1 is 1.13 bits per heavy atom. The summed E-state index contributed by atoms with van der Waals surface area (Å²) in [5.41, 5.74) is 0.944. The number of nitrogens with zero attached hydrogens (tertiary/aromatic N) is 1. The van der Waals surface area contributed by atoms with Gasteiger partial charge in [0, 0.05) is 17.0 Å². The van der Waals surface area contributed by atoms with Crippen molar-refractivity contribution in [2.24, 2.45) is 0 Å². The van der Waals surface area contributed by atoms with Crippen molar-refractivity contribution in [2.75, 3.05) is 6.54 Å². The van der Waals surface area contributed by atoms with E-state index in [2.05, 4.69) is 15.5 Å². The minimum atomic E-state index is -0.320. The molecular formula is C17H14ClN3O2. The lowest BCUT2D eigenvalue weighted by atomic mass is 10.1. The number of carbonyl (C=O) groups is 1. The van der Waals surface area contributed by atoms with Crippen LogP contribution in [0.1, 0.15) is 16.1 Å². The number of H-pyrrole nitrogens is 1. The minimum Gasteiger partial charge on any atom is -0.350 e. The molecule has 3 aromatic rings. The van der Waals surface area contributed by atoms with Gasteiger partial charge in [-0.25, -0.2) is 5.10 Å². The summed E-state index contributed by atoms with van der Waals surface area (Å²) < 4.78 is 0. The largest absolute Gasteiger partial charge is 0.350 e. The molecule has 0 aliphatic rings. The third kappa shape index (κ3) is 3.40. The molecule has 0 atom stereocenters. The second kappa shape index (κ2) is 6.62. The molecule has 116 valence electrons. The van der Waals surface area contributed by atoms with Crippen molar-refractivity contribution in [3.8, 4) is 0 Å². The number of nitrogens with one attached hydrogen (secondary N) is 2. The van der Waals surface area contributed by atoms with E-state index in [9.17, 15) is 9.59 Å². The predicted octanol–water partition coefficient (Wildman–Crippen LogP) is 2.55. The molecule has 1 heterocycles. The smallest absolute Gasteiger partial charge is 0.272 e. The molecule has 1 amide bonds. The lowest BCUT2D eigenvalue weighted by Gasteiger charge is -2.07. The molecule has 0 spiro atoms. The fourth-order valence-corrected chi connectivity index (χ4v) is 2.60. The van der Waals surface area contributed by atoms with Crippen LogP contribution in [0.15, 0.2) is 53.3 Å². The summed E-state index contributed by atoms with van der Waals surface area (Å²) in [5, 5.41) is 10.7. The Morgan fingerprint density at radius 3 is 2.70 bits per heavy atom. The van der Waals surface area contributed by atoms with Gasteiger partial charge in [0.2, 0.25) is 0 Å². The summed E-state index contributed by atoms with van der Waals surface area (Å²) in [6, 6.07) is 14.4. The molecular weight excluding hydrogens is 314 g/mol. The Kier molecular flexibility index (Phi) is 4.39. The summed E-state index contributed by atoms with van der Waals surface area (Å²) in [6.07, 6.45) is 0.660. The Labute approximate surface area is 137 Å². The monoisotopic (exact) mass is 327 g/mol. The Bertz CT molecular complexity index is 921. The van der Waals surface area contributed by atoms with Crippen LogP contribution < -0.4 is 10.9 Å². The number of fused-ring (bicyclic) bond motifs is 1. The quantitative estimate of drug-likeness (QED) is 0.773. The van der Waals surface area contributed by atoms with E-state index in [1.54, 1.807) is 30.3 Å². The Morgan fingerprint density at radius 2 is 1.91 bits per heavy atom. The van der Waals surface area contributed by atoms with Gasteiger partial charge in [-0.1, -0.05) is 41.9 Å². The Hall–Kier alpha value is -2.66. The number of hydrogen-bond acceptors (Lipinski definition) is 3. The fourth-order valence-electron chi connectivity index (χ4n) is 2.38. The molecule has 0 fully saturated rings. The van der Waals surface area contributed by atoms with Gasteiger partial charge < -0.3 is 5.32 Å². The molecule has 2 N–H and O–H groups in total. The number of hydrogen-bond donors (Lipinski definition) is 2. The summed E-state index contributed by atoms with van der Waals surface area (Å²) >= 11 is 5.93. The zero-order chi connectivity index (χ0) is 16.2. The highest BCUT2D eigenvalue weighted by molar-refractivity contribution is 6.30. The van der Waals surface area contributed by atoms with Crippen LogP contribution in [0.25, 0.3) is 10.8 Å². The van der Waals surface area contributed by atoms with E-state index in [4.69, 9.17) is 11.6 Å². The first-order valence-electron chi connectivity index (χ1n) is 7.15. The normalized spacial score (nSPS) is 10.7. The average Bonchev–Trinajstić information content (AvgIpc) is 2.55. The van der Waals surface area contributed by atoms with Crippen molar-refractivity contribution < 1.29 is 4.79 Å². The summed E-state index contributed by atoms with van der Waals surface area (Å²) in [7, 11) is 0. The first kappa shape index (κ1) is 15.2. The molecule has 1 aromatic heterocycles. The first-order chi connectivity index (χ1) is 11.1. The number of rotatable bonds is 4. The van der Waals surface area contributed by atoms with Gasteiger partial charge in [0.15, 0.2) is 5.69 Å². The highest BCUT2D eigenvalue weighted by Gasteiger charge is 2.13. The number of aromatic nitrogens is 2. The topological polar surface area (TPSA) is 74.8 Å². The van der Waals surface area contributed by atoms with Crippen LogP contribution in [-0.2, 0) is 6.42 Å². The van der Waals surface area contributed by atoms with Gasteiger partial charge in [-0.15, -0.1) is 0 Å². The molecule has 3 rings (SSSR count). The molecule has 0 aliphatic carbocycles. The molecule has 6 heteroatoms. The predicted molar refractivity (Wildman–Crippen MR) is 89.9 cm³/mol. The molecule has 0 radical (unpaired) electrons. The molecule has 0 unspecified atom stereocenters. The van der Waals surface area contributed by atoms with Gasteiger partial charge in [0.1, 0.15) is 0 Å². The van der Waals surface area contributed by atoms with Gasteiger partial charge in [0.25, 0.3) is 11.5 Å². The zero-order valence-corrected chi connectivity index (χ0v) is 12.9. The van der Waals surface area contributed by atoms with Crippen molar-refractivity contribution in [1.82, 2.24) is 15.5 Å². The zero-order valence-electron chi connectivity index (χ0n) is 12.2. The van der Waals surface area contributed by atoms with Gasteiger partial charge in [0.05, 0.1) is 5.39 Å². The SMILES string of the molecule is O=C(NCCc1cccc(Cl)c1)c1n[nH]c(=O)c2ccccc12. The molecule has 0 saturated heterocycles. The number of halogens is 1. The maximum atomic E-state index is 12.3. The van der Waals surface area contributed by atoms with Crippen molar-refractivity contribution in [3.05, 3.63) is 75.2 Å². The van der Waals surface area contributed by atoms with Gasteiger partial charge >= 0.3 is 0 Å². The van der Waals surface area contributed by atoms with Crippen LogP contribution in [0.4, 0.5) is 0 Å². The highest BCUT2D eigenvalue weighted by Crippen LogP contribution is 2.13. The standard InChI is InChI=1S/C17H14ClN3O2/c18-12-5-3-4-11(10-12)8-9-19-17(23)15-13-6-1-2-7-14(13)16(22)21-20-15/h1-7,10H,8-9H2,(H,19,23)(H,21,22). The molecule has 0 aliphatic heterocycles. The van der Waals surface area contributed by atoms with Crippen LogP contribution in [0.3, 0.4) is 0 Å². The van der Waals surface area contributed by atoms with E-state index >= 15 is 0 Å². The maximum Gasteiger partial charge on any atom is 0.272 e. The van der Waals surface area contributed by atoms with Gasteiger partial charge in [-0.2, -0.15) is 5.10 Å². The average molecular weight is 328 g/mol.